The number of nitrogens with two attached hydrogens (primary N) is 1. The first-order valence-corrected chi connectivity index (χ1v) is 5.23. The van der Waals surface area contributed by atoms with Crippen molar-refractivity contribution < 1.29 is 9.47 Å². The summed E-state index contributed by atoms with van der Waals surface area (Å²) in [6.07, 6.45) is 1.59. The summed E-state index contributed by atoms with van der Waals surface area (Å²) in [5.41, 5.74) is 6.67. The van der Waals surface area contributed by atoms with Gasteiger partial charge in [0.2, 0.25) is 0 Å². The Labute approximate surface area is 101 Å². The molecule has 6 nitrogen and oxygen atoms in total. The lowest BCUT2D eigenvalue weighted by Crippen LogP contribution is -2.26. The van der Waals surface area contributed by atoms with Crippen molar-refractivity contribution in [3.63, 3.8) is 0 Å². The standard InChI is InChI=1S/C11H18N4O2/c1-16-7-9(17-2)6-15-8-3-4-14-10(5-8)11(12)13/h3-5,9H,6-7H2,1-2H3,(H3,12,13)(H,14,15). The molecule has 0 aromatic carbocycles. The van der Waals surface area contributed by atoms with Gasteiger partial charge in [-0.1, -0.05) is 0 Å². The average molecular weight is 238 g/mol. The molecule has 4 N–H and O–H groups in total. The number of aromatic nitrogens is 1. The van der Waals surface area contributed by atoms with E-state index < -0.39 is 0 Å². The molecule has 1 rings (SSSR count). The fraction of sp³-hybridized carbons (Fsp3) is 0.455. The highest BCUT2D eigenvalue weighted by molar-refractivity contribution is 5.93. The number of hydrogen-bond acceptors (Lipinski definition) is 5. The summed E-state index contributed by atoms with van der Waals surface area (Å²) in [5, 5.41) is 10.5. The average Bonchev–Trinajstić information content (AvgIpc) is 2.34. The minimum absolute atomic E-state index is 0.0195. The molecule has 0 fully saturated rings. The van der Waals surface area contributed by atoms with Gasteiger partial charge in [0.25, 0.3) is 0 Å². The van der Waals surface area contributed by atoms with Crippen molar-refractivity contribution in [3.8, 4) is 0 Å². The number of hydrogen-bond donors (Lipinski definition) is 3. The molecule has 1 atom stereocenters. The van der Waals surface area contributed by atoms with Crippen LogP contribution < -0.4 is 11.1 Å². The Morgan fingerprint density at radius 2 is 2.35 bits per heavy atom. The molecule has 6 heteroatoms. The molecule has 94 valence electrons. The van der Waals surface area contributed by atoms with Crippen LogP contribution in [0.3, 0.4) is 0 Å². The number of pyridine rings is 1. The lowest BCUT2D eigenvalue weighted by atomic mass is 10.3. The Hall–Kier alpha value is -1.66. The van der Waals surface area contributed by atoms with E-state index in [1.54, 1.807) is 26.5 Å². The van der Waals surface area contributed by atoms with Crippen molar-refractivity contribution >= 4 is 11.5 Å². The highest BCUT2D eigenvalue weighted by Crippen LogP contribution is 2.07. The van der Waals surface area contributed by atoms with Crippen LogP contribution in [0.1, 0.15) is 5.69 Å². The van der Waals surface area contributed by atoms with Gasteiger partial charge < -0.3 is 20.5 Å². The smallest absolute Gasteiger partial charge is 0.141 e. The summed E-state index contributed by atoms with van der Waals surface area (Å²) >= 11 is 0. The van der Waals surface area contributed by atoms with E-state index in [-0.39, 0.29) is 11.9 Å². The van der Waals surface area contributed by atoms with Crippen LogP contribution in [-0.2, 0) is 9.47 Å². The van der Waals surface area contributed by atoms with Crippen molar-refractivity contribution in [2.75, 3.05) is 32.7 Å². The topological polar surface area (TPSA) is 93.2 Å². The molecule has 0 saturated carbocycles. The number of methoxy groups -OCH3 is 2. The van der Waals surface area contributed by atoms with E-state index in [9.17, 15) is 0 Å². The van der Waals surface area contributed by atoms with E-state index in [0.29, 0.717) is 18.8 Å². The highest BCUT2D eigenvalue weighted by Gasteiger charge is 2.06. The van der Waals surface area contributed by atoms with E-state index in [1.807, 2.05) is 6.07 Å². The van der Waals surface area contributed by atoms with Gasteiger partial charge in [0.1, 0.15) is 11.5 Å². The molecule has 0 amide bonds. The lowest BCUT2D eigenvalue weighted by molar-refractivity contribution is 0.0365. The van der Waals surface area contributed by atoms with E-state index in [4.69, 9.17) is 20.6 Å². The lowest BCUT2D eigenvalue weighted by Gasteiger charge is -2.15. The second-order valence-corrected chi connectivity index (χ2v) is 3.54. The maximum Gasteiger partial charge on any atom is 0.141 e. The Bertz CT molecular complexity index is 370. The fourth-order valence-corrected chi connectivity index (χ4v) is 1.32. The molecule has 1 heterocycles. The summed E-state index contributed by atoms with van der Waals surface area (Å²) in [6.45, 7) is 1.14. The second-order valence-electron chi connectivity index (χ2n) is 3.54. The normalized spacial score (nSPS) is 12.1. The van der Waals surface area contributed by atoms with Crippen molar-refractivity contribution in [1.82, 2.24) is 4.98 Å². The summed E-state index contributed by atoms with van der Waals surface area (Å²) in [5.74, 6) is -0.0474. The van der Waals surface area contributed by atoms with Crippen LogP contribution in [0, 0.1) is 5.41 Å². The van der Waals surface area contributed by atoms with Gasteiger partial charge in [0.05, 0.1) is 12.7 Å². The quantitative estimate of drug-likeness (QED) is 0.473. The van der Waals surface area contributed by atoms with E-state index in [0.717, 1.165) is 5.69 Å². The van der Waals surface area contributed by atoms with Crippen LogP contribution in [-0.4, -0.2) is 44.3 Å². The number of anilines is 1. The molecule has 0 aliphatic carbocycles. The summed E-state index contributed by atoms with van der Waals surface area (Å²) in [6, 6.07) is 3.54. The zero-order valence-electron chi connectivity index (χ0n) is 10.1. The van der Waals surface area contributed by atoms with E-state index in [1.165, 1.54) is 0 Å². The van der Waals surface area contributed by atoms with Crippen LogP contribution in [0.4, 0.5) is 5.69 Å². The number of ether oxygens (including phenoxy) is 2. The summed E-state index contributed by atoms with van der Waals surface area (Å²) < 4.78 is 10.2. The third kappa shape index (κ3) is 4.38. The minimum atomic E-state index is -0.0474. The molecule has 1 aromatic rings. The molecule has 0 aliphatic rings. The van der Waals surface area contributed by atoms with Gasteiger partial charge in [-0.05, 0) is 12.1 Å². The minimum Gasteiger partial charge on any atom is -0.382 e. The zero-order valence-corrected chi connectivity index (χ0v) is 10.1. The fourth-order valence-electron chi connectivity index (χ4n) is 1.32. The van der Waals surface area contributed by atoms with Crippen molar-refractivity contribution in [3.05, 3.63) is 24.0 Å². The molecule has 0 saturated heterocycles. The van der Waals surface area contributed by atoms with Crippen LogP contribution >= 0.6 is 0 Å². The molecule has 0 aliphatic heterocycles. The van der Waals surface area contributed by atoms with Crippen LogP contribution in [0.15, 0.2) is 18.3 Å². The molecule has 1 unspecified atom stereocenters. The van der Waals surface area contributed by atoms with Crippen LogP contribution in [0.25, 0.3) is 0 Å². The van der Waals surface area contributed by atoms with Gasteiger partial charge in [0, 0.05) is 32.6 Å². The van der Waals surface area contributed by atoms with Gasteiger partial charge in [-0.3, -0.25) is 10.4 Å². The Kier molecular flexibility index (Phi) is 5.38. The number of amidine groups is 1. The Morgan fingerprint density at radius 1 is 1.59 bits per heavy atom. The predicted octanol–water partition coefficient (Wildman–Crippen LogP) is 0.439. The van der Waals surface area contributed by atoms with E-state index >= 15 is 0 Å². The molecule has 1 aromatic heterocycles. The predicted molar refractivity (Wildman–Crippen MR) is 66.4 cm³/mol. The van der Waals surface area contributed by atoms with Gasteiger partial charge in [-0.2, -0.15) is 0 Å². The molecule has 0 radical (unpaired) electrons. The van der Waals surface area contributed by atoms with Gasteiger partial charge in [-0.15, -0.1) is 0 Å². The second kappa shape index (κ2) is 6.82. The van der Waals surface area contributed by atoms with Crippen LogP contribution in [0.2, 0.25) is 0 Å². The number of nitrogens with zero attached hydrogens (tertiary/aromatic N) is 1. The molecular formula is C11H18N4O2. The Balaban J connectivity index is 2.56. The van der Waals surface area contributed by atoms with Crippen molar-refractivity contribution in [2.45, 2.75) is 6.10 Å². The first-order chi connectivity index (χ1) is 8.17. The SMILES string of the molecule is COCC(CNc1ccnc(C(=N)N)c1)OC. The maximum atomic E-state index is 7.29. The largest absolute Gasteiger partial charge is 0.382 e. The number of nitrogen functional groups attached to an aromatic ring is 1. The van der Waals surface area contributed by atoms with E-state index in [2.05, 4.69) is 10.3 Å². The van der Waals surface area contributed by atoms with Gasteiger partial charge in [0.15, 0.2) is 0 Å². The molecule has 0 spiro atoms. The monoisotopic (exact) mass is 238 g/mol. The van der Waals surface area contributed by atoms with Gasteiger partial charge >= 0.3 is 0 Å². The first-order valence-electron chi connectivity index (χ1n) is 5.23. The molecular weight excluding hydrogens is 220 g/mol. The van der Waals surface area contributed by atoms with Crippen LogP contribution in [0.5, 0.6) is 0 Å². The van der Waals surface area contributed by atoms with Crippen molar-refractivity contribution in [2.24, 2.45) is 5.73 Å². The summed E-state index contributed by atoms with van der Waals surface area (Å²) in [4.78, 5) is 3.98. The number of nitrogens with one attached hydrogen (secondary N) is 2. The third-order valence-corrected chi connectivity index (χ3v) is 2.26. The molecule has 17 heavy (non-hydrogen) atoms. The number of rotatable bonds is 7. The van der Waals surface area contributed by atoms with Crippen molar-refractivity contribution in [1.29, 1.82) is 5.41 Å². The zero-order chi connectivity index (χ0) is 12.7. The third-order valence-electron chi connectivity index (χ3n) is 2.26. The maximum absolute atomic E-state index is 7.29. The Morgan fingerprint density at radius 3 is 2.94 bits per heavy atom. The van der Waals surface area contributed by atoms with Gasteiger partial charge in [-0.25, -0.2) is 0 Å². The first kappa shape index (κ1) is 13.4. The molecule has 0 bridgehead atoms. The summed E-state index contributed by atoms with van der Waals surface area (Å²) in [7, 11) is 3.27. The highest BCUT2D eigenvalue weighted by atomic mass is 16.5.